The summed E-state index contributed by atoms with van der Waals surface area (Å²) < 4.78 is 0. The number of carbonyl (C=O) groups is 2. The zero-order valence-corrected chi connectivity index (χ0v) is 12.4. The molecule has 5 heteroatoms. The lowest BCUT2D eigenvalue weighted by Gasteiger charge is -2.16. The minimum atomic E-state index is -0.757. The highest BCUT2D eigenvalue weighted by atomic mass is 16.2. The number of amides is 3. The van der Waals surface area contributed by atoms with Crippen LogP contribution in [0.4, 0.5) is 10.5 Å². The van der Waals surface area contributed by atoms with Crippen LogP contribution in [0, 0.1) is 6.92 Å². The fourth-order valence-corrected chi connectivity index (χ4v) is 2.03. The van der Waals surface area contributed by atoms with Crippen LogP contribution in [0.2, 0.25) is 0 Å². The third-order valence-electron chi connectivity index (χ3n) is 3.24. The van der Waals surface area contributed by atoms with Gasteiger partial charge in [0.05, 0.1) is 0 Å². The number of carbonyl (C=O) groups excluding carboxylic acids is 2. The molecule has 114 valence electrons. The minimum Gasteiger partial charge on any atom is -0.368 e. The van der Waals surface area contributed by atoms with Gasteiger partial charge in [0, 0.05) is 12.1 Å². The summed E-state index contributed by atoms with van der Waals surface area (Å²) in [5.74, 6) is -0.567. The lowest BCUT2D eigenvalue weighted by atomic mass is 10.1. The van der Waals surface area contributed by atoms with Gasteiger partial charge >= 0.3 is 6.03 Å². The molecule has 1 atom stereocenters. The van der Waals surface area contributed by atoms with E-state index in [1.54, 1.807) is 12.1 Å². The van der Waals surface area contributed by atoms with E-state index in [9.17, 15) is 9.59 Å². The van der Waals surface area contributed by atoms with Crippen LogP contribution in [0.25, 0.3) is 0 Å². The Kier molecular flexibility index (Phi) is 5.14. The van der Waals surface area contributed by atoms with Gasteiger partial charge in [-0.05, 0) is 24.6 Å². The summed E-state index contributed by atoms with van der Waals surface area (Å²) in [6.45, 7) is 1.97. The molecule has 0 fully saturated rings. The molecule has 1 unspecified atom stereocenters. The molecule has 22 heavy (non-hydrogen) atoms. The number of primary amides is 1. The number of benzene rings is 2. The van der Waals surface area contributed by atoms with Crippen LogP contribution in [-0.4, -0.2) is 18.0 Å². The van der Waals surface area contributed by atoms with Gasteiger partial charge in [-0.2, -0.15) is 0 Å². The molecule has 0 aliphatic heterocycles. The second-order valence-corrected chi connectivity index (χ2v) is 5.11. The zero-order chi connectivity index (χ0) is 15.9. The molecule has 3 amide bonds. The summed E-state index contributed by atoms with van der Waals surface area (Å²) in [5, 5.41) is 5.29. The van der Waals surface area contributed by atoms with Crippen LogP contribution in [0.3, 0.4) is 0 Å². The van der Waals surface area contributed by atoms with E-state index >= 15 is 0 Å². The molecule has 0 aliphatic rings. The number of urea groups is 1. The zero-order valence-electron chi connectivity index (χ0n) is 12.4. The molecule has 0 saturated heterocycles. The number of hydrogen-bond acceptors (Lipinski definition) is 2. The van der Waals surface area contributed by atoms with E-state index in [1.807, 2.05) is 49.4 Å². The summed E-state index contributed by atoms with van der Waals surface area (Å²) in [5.41, 5.74) is 8.06. The van der Waals surface area contributed by atoms with Crippen molar-refractivity contribution in [2.75, 3.05) is 5.32 Å². The first-order valence-corrected chi connectivity index (χ1v) is 7.02. The monoisotopic (exact) mass is 297 g/mol. The third kappa shape index (κ3) is 4.63. The summed E-state index contributed by atoms with van der Waals surface area (Å²) in [6, 6.07) is 15.6. The SMILES string of the molecule is Cc1ccc(NC(=O)NC(Cc2ccccc2)C(N)=O)cc1. The maximum Gasteiger partial charge on any atom is 0.319 e. The standard InChI is InChI=1S/C17H19N3O2/c1-12-7-9-14(10-8-12)19-17(22)20-15(16(18)21)11-13-5-3-2-4-6-13/h2-10,15H,11H2,1H3,(H2,18,21)(H2,19,20,22). The van der Waals surface area contributed by atoms with Gasteiger partial charge in [0.2, 0.25) is 5.91 Å². The lowest BCUT2D eigenvalue weighted by molar-refractivity contribution is -0.119. The van der Waals surface area contributed by atoms with Crippen molar-refractivity contribution < 1.29 is 9.59 Å². The molecule has 0 radical (unpaired) electrons. The van der Waals surface area contributed by atoms with E-state index in [2.05, 4.69) is 10.6 Å². The van der Waals surface area contributed by atoms with Crippen molar-refractivity contribution in [1.82, 2.24) is 5.32 Å². The highest BCUT2D eigenvalue weighted by molar-refractivity contribution is 5.93. The molecule has 4 N–H and O–H groups in total. The van der Waals surface area contributed by atoms with Crippen molar-refractivity contribution in [2.24, 2.45) is 5.73 Å². The average Bonchev–Trinajstić information content (AvgIpc) is 2.50. The maximum atomic E-state index is 12.0. The van der Waals surface area contributed by atoms with Crippen LogP contribution in [0.1, 0.15) is 11.1 Å². The molecule has 0 aromatic heterocycles. The minimum absolute atomic E-state index is 0.359. The smallest absolute Gasteiger partial charge is 0.319 e. The van der Waals surface area contributed by atoms with Gasteiger partial charge in [0.15, 0.2) is 0 Å². The van der Waals surface area contributed by atoms with E-state index in [4.69, 9.17) is 5.73 Å². The average molecular weight is 297 g/mol. The van der Waals surface area contributed by atoms with E-state index < -0.39 is 18.0 Å². The number of anilines is 1. The normalized spacial score (nSPS) is 11.5. The van der Waals surface area contributed by atoms with Crippen molar-refractivity contribution >= 4 is 17.6 Å². The topological polar surface area (TPSA) is 84.2 Å². The summed E-state index contributed by atoms with van der Waals surface area (Å²) in [7, 11) is 0. The van der Waals surface area contributed by atoms with Gasteiger partial charge in [0.1, 0.15) is 6.04 Å². The number of hydrogen-bond donors (Lipinski definition) is 3. The third-order valence-corrected chi connectivity index (χ3v) is 3.24. The van der Waals surface area contributed by atoms with Gasteiger partial charge in [0.25, 0.3) is 0 Å². The first-order chi connectivity index (χ1) is 10.5. The van der Waals surface area contributed by atoms with Gasteiger partial charge < -0.3 is 16.4 Å². The predicted octanol–water partition coefficient (Wildman–Crippen LogP) is 2.21. The highest BCUT2D eigenvalue weighted by Crippen LogP contribution is 2.09. The molecule has 0 bridgehead atoms. The molecule has 2 aromatic rings. The quantitative estimate of drug-likeness (QED) is 0.790. The molecule has 0 saturated carbocycles. The van der Waals surface area contributed by atoms with Gasteiger partial charge in [-0.3, -0.25) is 4.79 Å². The van der Waals surface area contributed by atoms with Crippen molar-refractivity contribution in [3.63, 3.8) is 0 Å². The Bertz CT molecular complexity index is 639. The number of rotatable bonds is 5. The van der Waals surface area contributed by atoms with E-state index in [1.165, 1.54) is 0 Å². The first kappa shape index (κ1) is 15.6. The summed E-state index contributed by atoms with van der Waals surface area (Å²) in [6.07, 6.45) is 0.359. The van der Waals surface area contributed by atoms with E-state index in [0.29, 0.717) is 12.1 Å². The molecule has 0 spiro atoms. The second-order valence-electron chi connectivity index (χ2n) is 5.11. The molecule has 0 heterocycles. The Hall–Kier alpha value is -2.82. The van der Waals surface area contributed by atoms with Crippen LogP contribution in [-0.2, 0) is 11.2 Å². The van der Waals surface area contributed by atoms with Crippen LogP contribution in [0.5, 0.6) is 0 Å². The van der Waals surface area contributed by atoms with Gasteiger partial charge in [-0.1, -0.05) is 48.0 Å². The lowest BCUT2D eigenvalue weighted by Crippen LogP contribution is -2.47. The predicted molar refractivity (Wildman–Crippen MR) is 86.5 cm³/mol. The summed E-state index contributed by atoms with van der Waals surface area (Å²) in [4.78, 5) is 23.5. The molecule has 2 aromatic carbocycles. The largest absolute Gasteiger partial charge is 0.368 e. The van der Waals surface area contributed by atoms with Crippen molar-refractivity contribution in [3.05, 3.63) is 65.7 Å². The molecule has 5 nitrogen and oxygen atoms in total. The van der Waals surface area contributed by atoms with Crippen molar-refractivity contribution in [2.45, 2.75) is 19.4 Å². The van der Waals surface area contributed by atoms with Crippen LogP contribution < -0.4 is 16.4 Å². The van der Waals surface area contributed by atoms with Crippen LogP contribution in [0.15, 0.2) is 54.6 Å². The fraction of sp³-hybridized carbons (Fsp3) is 0.176. The Labute approximate surface area is 129 Å². The maximum absolute atomic E-state index is 12.0. The number of nitrogens with two attached hydrogens (primary N) is 1. The van der Waals surface area contributed by atoms with Crippen molar-refractivity contribution in [3.8, 4) is 0 Å². The highest BCUT2D eigenvalue weighted by Gasteiger charge is 2.18. The summed E-state index contributed by atoms with van der Waals surface area (Å²) >= 11 is 0. The van der Waals surface area contributed by atoms with Crippen LogP contribution >= 0.6 is 0 Å². The molecule has 0 aliphatic carbocycles. The van der Waals surface area contributed by atoms with Gasteiger partial charge in [-0.15, -0.1) is 0 Å². The Morgan fingerprint density at radius 2 is 1.68 bits per heavy atom. The van der Waals surface area contributed by atoms with E-state index in [0.717, 1.165) is 11.1 Å². The fourth-order valence-electron chi connectivity index (χ4n) is 2.03. The molecular formula is C17H19N3O2. The molecular weight excluding hydrogens is 278 g/mol. The Morgan fingerprint density at radius 3 is 2.27 bits per heavy atom. The van der Waals surface area contributed by atoms with Gasteiger partial charge in [-0.25, -0.2) is 4.79 Å². The second kappa shape index (κ2) is 7.26. The number of aryl methyl sites for hydroxylation is 1. The van der Waals surface area contributed by atoms with Crippen molar-refractivity contribution in [1.29, 1.82) is 0 Å². The number of nitrogens with one attached hydrogen (secondary N) is 2. The Balaban J connectivity index is 1.97. The van der Waals surface area contributed by atoms with E-state index in [-0.39, 0.29) is 0 Å². The molecule has 2 rings (SSSR count). The Morgan fingerprint density at radius 1 is 1.05 bits per heavy atom. The first-order valence-electron chi connectivity index (χ1n) is 7.02.